The lowest BCUT2D eigenvalue weighted by molar-refractivity contribution is 0.662. The van der Waals surface area contributed by atoms with E-state index in [1.165, 1.54) is 25.8 Å². The highest BCUT2D eigenvalue weighted by Gasteiger charge is 2.35. The first-order chi connectivity index (χ1) is 27.0. The normalized spacial score (nSPS) is 12.9. The van der Waals surface area contributed by atoms with Gasteiger partial charge in [-0.15, -0.1) is 0 Å². The lowest BCUT2D eigenvalue weighted by Crippen LogP contribution is -1.99. The molecule has 267 valence electrons. The molecule has 0 fully saturated rings. The van der Waals surface area contributed by atoms with Crippen molar-refractivity contribution in [2.45, 2.75) is 5.92 Å². The highest BCUT2D eigenvalue weighted by Crippen LogP contribution is 2.54. The molecule has 11 aromatic rings. The van der Waals surface area contributed by atoms with E-state index < -0.39 is 0 Å². The van der Waals surface area contributed by atoms with Gasteiger partial charge in [0.15, 0.2) is 5.58 Å². The van der Waals surface area contributed by atoms with Gasteiger partial charge in [0.05, 0.1) is 10.5 Å². The number of hydrogen-bond donors (Lipinski definition) is 1. The predicted molar refractivity (Wildman–Crippen MR) is 245 cm³/mol. The van der Waals surface area contributed by atoms with E-state index in [1.54, 1.807) is 0 Å². The summed E-state index contributed by atoms with van der Waals surface area (Å²) in [6.45, 7) is 0. The summed E-state index contributed by atoms with van der Waals surface area (Å²) >= 11 is 15.7. The van der Waals surface area contributed by atoms with Crippen molar-refractivity contribution in [1.82, 2.24) is 4.98 Å². The second kappa shape index (κ2) is 14.9. The van der Waals surface area contributed by atoms with E-state index in [1.807, 2.05) is 72.8 Å². The van der Waals surface area contributed by atoms with Crippen molar-refractivity contribution in [3.8, 4) is 11.1 Å². The van der Waals surface area contributed by atoms with E-state index in [0.29, 0.717) is 0 Å². The lowest BCUT2D eigenvalue weighted by atomic mass is 9.88. The molecule has 1 aliphatic rings. The van der Waals surface area contributed by atoms with Crippen LogP contribution in [-0.2, 0) is 0 Å². The van der Waals surface area contributed by atoms with Crippen molar-refractivity contribution in [1.29, 1.82) is 0 Å². The molecule has 0 spiro atoms. The third-order valence-corrected chi connectivity index (χ3v) is 11.7. The molecule has 1 N–H and O–H groups in total. The first-order valence-electron chi connectivity index (χ1n) is 18.0. The second-order valence-corrected chi connectivity index (χ2v) is 15.7. The molecule has 0 saturated carbocycles. The Balaban J connectivity index is 0.000000125. The molecular weight excluding hydrogens is 843 g/mol. The lowest BCUT2D eigenvalue weighted by Gasteiger charge is -2.14. The van der Waals surface area contributed by atoms with Gasteiger partial charge in [-0.2, -0.15) is 0 Å². The molecule has 3 radical (unpaired) electrons. The zero-order chi connectivity index (χ0) is 37.0. The van der Waals surface area contributed by atoms with Crippen LogP contribution in [0.4, 0.5) is 0 Å². The van der Waals surface area contributed by atoms with Gasteiger partial charge in [-0.1, -0.05) is 151 Å². The summed E-state index contributed by atoms with van der Waals surface area (Å²) < 4.78 is 13.7. The first kappa shape index (κ1) is 36.2. The molecular formula is C49H30BCl2INO2. The molecule has 56 heavy (non-hydrogen) atoms. The number of nitrogens with one attached hydrogen (secondary N) is 1. The Bertz CT molecular complexity index is 3210. The minimum Gasteiger partial charge on any atom is -0.456 e. The number of hydrogen-bond acceptors (Lipinski definition) is 2. The van der Waals surface area contributed by atoms with E-state index in [4.69, 9.17) is 32.0 Å². The largest absolute Gasteiger partial charge is 0.456 e. The predicted octanol–water partition coefficient (Wildman–Crippen LogP) is 15.2. The van der Waals surface area contributed by atoms with Crippen LogP contribution in [0.5, 0.6) is 0 Å². The molecule has 0 saturated heterocycles. The Morgan fingerprint density at radius 1 is 0.518 bits per heavy atom. The van der Waals surface area contributed by atoms with Gasteiger partial charge in [-0.25, -0.2) is 0 Å². The Hall–Kier alpha value is -5.47. The zero-order valence-electron chi connectivity index (χ0n) is 29.8. The second-order valence-electron chi connectivity index (χ2n) is 13.6. The number of H-pyrrole nitrogens is 1. The van der Waals surface area contributed by atoms with Crippen molar-refractivity contribution in [2.24, 2.45) is 0 Å². The highest BCUT2D eigenvalue weighted by molar-refractivity contribution is 14.1. The fraction of sp³-hybridized carbons (Fsp3) is 0.0204. The molecule has 7 heteroatoms. The number of fused-ring (bicyclic) bond motifs is 14. The third-order valence-electron chi connectivity index (χ3n) is 10.4. The molecule has 3 heterocycles. The van der Waals surface area contributed by atoms with Crippen molar-refractivity contribution < 1.29 is 8.83 Å². The quantitative estimate of drug-likeness (QED) is 0.132. The Labute approximate surface area is 348 Å². The van der Waals surface area contributed by atoms with Crippen LogP contribution in [0.2, 0.25) is 10.0 Å². The van der Waals surface area contributed by atoms with Crippen LogP contribution in [0.15, 0.2) is 179 Å². The van der Waals surface area contributed by atoms with Crippen LogP contribution >= 0.6 is 45.8 Å². The highest BCUT2D eigenvalue weighted by atomic mass is 127. The van der Waals surface area contributed by atoms with E-state index in [-0.39, 0.29) is 14.3 Å². The first-order valence-corrected chi connectivity index (χ1v) is 19.9. The molecule has 3 aromatic heterocycles. The van der Waals surface area contributed by atoms with E-state index in [2.05, 4.69) is 125 Å². The van der Waals surface area contributed by atoms with Crippen LogP contribution in [-0.4, -0.2) is 13.4 Å². The van der Waals surface area contributed by atoms with E-state index in [0.717, 1.165) is 81.3 Å². The van der Waals surface area contributed by atoms with Gasteiger partial charge in [0.2, 0.25) is 0 Å². The van der Waals surface area contributed by atoms with Gasteiger partial charge in [-0.3, -0.25) is 0 Å². The van der Waals surface area contributed by atoms with Gasteiger partial charge in [0.25, 0.3) is 0 Å². The van der Waals surface area contributed by atoms with E-state index >= 15 is 0 Å². The molecule has 0 bridgehead atoms. The Kier molecular flexibility index (Phi) is 9.62. The maximum Gasteiger partial charge on any atom is 0.159 e. The minimum atomic E-state index is 0. The Morgan fingerprint density at radius 2 is 1.05 bits per heavy atom. The number of aromatic nitrogens is 1. The monoisotopic (exact) mass is 872 g/mol. The number of rotatable bonds is 1. The molecule has 1 atom stereocenters. The van der Waals surface area contributed by atoms with E-state index in [9.17, 15) is 0 Å². The number of para-hydroxylation sites is 3. The molecule has 8 aromatic carbocycles. The molecule has 3 nitrogen and oxygen atoms in total. The maximum absolute atomic E-state index is 6.84. The summed E-state index contributed by atoms with van der Waals surface area (Å²) in [6.07, 6.45) is 0. The summed E-state index contributed by atoms with van der Waals surface area (Å²) in [7, 11) is 0. The number of aromatic amines is 1. The average molecular weight is 873 g/mol. The number of halogens is 3. The molecule has 0 amide bonds. The topological polar surface area (TPSA) is 42.1 Å². The van der Waals surface area contributed by atoms with Gasteiger partial charge in [0.1, 0.15) is 16.7 Å². The van der Waals surface area contributed by atoms with Crippen LogP contribution in [0.3, 0.4) is 0 Å². The third kappa shape index (κ3) is 6.06. The fourth-order valence-electron chi connectivity index (χ4n) is 8.09. The van der Waals surface area contributed by atoms with Crippen molar-refractivity contribution in [3.63, 3.8) is 0 Å². The number of benzene rings is 8. The van der Waals surface area contributed by atoms with Crippen LogP contribution in [0.1, 0.15) is 22.6 Å². The summed E-state index contributed by atoms with van der Waals surface area (Å²) in [5.41, 5.74) is 11.7. The van der Waals surface area contributed by atoms with Crippen molar-refractivity contribution >= 4 is 120 Å². The summed E-state index contributed by atoms with van der Waals surface area (Å²) in [5, 5.41) is 8.03. The standard InChI is InChI=1S/C25H15ClO.C18H10ClNO.C6H5I.B/c26-20-14-19-16-10-6-7-13-21(16)27-25(19)24-22(15-8-2-1-3-9-15)17-11-4-5-12-18(17)23(20)24;19-13-9-12-10-5-2-4-8-15(10)21-18(12)17-16(13)11-6-1-3-7-14(11)20-17;7-6-4-2-1-3-5-6;/h1-14,22H;1-9,20H;1-5H;. The summed E-state index contributed by atoms with van der Waals surface area (Å²) in [5.74, 6) is 0.124. The zero-order valence-corrected chi connectivity index (χ0v) is 33.4. The fourth-order valence-corrected chi connectivity index (χ4v) is 9.12. The van der Waals surface area contributed by atoms with Crippen molar-refractivity contribution in [3.05, 3.63) is 200 Å². The summed E-state index contributed by atoms with van der Waals surface area (Å²) in [6, 6.07) is 57.8. The van der Waals surface area contributed by atoms with Gasteiger partial charge in [0, 0.05) is 71.9 Å². The summed E-state index contributed by atoms with van der Waals surface area (Å²) in [4.78, 5) is 3.44. The molecule has 12 rings (SSSR count). The smallest absolute Gasteiger partial charge is 0.159 e. The minimum absolute atomic E-state index is 0. The molecule has 1 unspecified atom stereocenters. The van der Waals surface area contributed by atoms with Crippen LogP contribution in [0, 0.1) is 3.57 Å². The van der Waals surface area contributed by atoms with Crippen molar-refractivity contribution in [2.75, 3.05) is 0 Å². The number of furan rings is 2. The van der Waals surface area contributed by atoms with Gasteiger partial charge in [-0.05, 0) is 81.7 Å². The maximum atomic E-state index is 6.84. The van der Waals surface area contributed by atoms with Gasteiger partial charge >= 0.3 is 0 Å². The average Bonchev–Trinajstić information content (AvgIpc) is 3.99. The van der Waals surface area contributed by atoms with Crippen LogP contribution in [0.25, 0.3) is 76.8 Å². The SMILES string of the molecule is Clc1cc2c(oc3ccccc32)c2c1-c1ccccc1C2c1ccccc1.Clc1cc2c3ccccc3oc2c2[nH]c3ccccc3c12.Ic1ccccc1.[B]. The molecule has 0 aliphatic heterocycles. The van der Waals surface area contributed by atoms with Crippen LogP contribution < -0.4 is 0 Å². The molecule has 1 aliphatic carbocycles. The van der Waals surface area contributed by atoms with Gasteiger partial charge < -0.3 is 13.8 Å². The Morgan fingerprint density at radius 3 is 1.73 bits per heavy atom.